The minimum absolute atomic E-state index is 0.0359. The van der Waals surface area contributed by atoms with Crippen molar-refractivity contribution >= 4 is 44.6 Å². The van der Waals surface area contributed by atoms with Gasteiger partial charge in [0.25, 0.3) is 0 Å². The molecule has 13 aromatic carbocycles. The van der Waals surface area contributed by atoms with Gasteiger partial charge in [-0.2, -0.15) is 0 Å². The van der Waals surface area contributed by atoms with E-state index >= 15 is 0 Å². The molecule has 0 unspecified atom stereocenters. The molecule has 0 N–H and O–H groups in total. The third kappa shape index (κ3) is 10.1. The number of nitrogens with zero attached hydrogens (tertiary/aromatic N) is 4. The third-order valence-corrected chi connectivity index (χ3v) is 21.8. The number of aromatic nitrogens is 2. The summed E-state index contributed by atoms with van der Waals surface area (Å²) in [4.78, 5) is 10.5. The van der Waals surface area contributed by atoms with Crippen LogP contribution >= 0.6 is 0 Å². The standard InChI is InChI=1S/C97H80N4O/c1-94(2,3)69-48-46-66(47-49-69)80-60-98-90(59-85(80)96(7,8)9)101-88-53-52-84-91(78-34-18-21-39-83(78)97(84)81-37-19-16-32-76(81)77-33-17-20-38-82(77)97)92(88)79-51-50-73(58-89(79)101)102-72-31-24-30-71(57-72)99-61-100(87-41-23-22-40-86(87)99)93-74(65-44-42-64(43-45-65)62-26-12-10-13-27-62)35-25-36-75(93)68-54-67(63-28-14-11-15-29-63)55-70(56-68)95(4,5)6/h10-60H,61H2,1-9H3. The number of hydrogen-bond acceptors (Lipinski definition) is 4. The predicted molar refractivity (Wildman–Crippen MR) is 427 cm³/mol. The Labute approximate surface area is 599 Å². The van der Waals surface area contributed by atoms with Gasteiger partial charge in [0.15, 0.2) is 0 Å². The molecule has 1 spiro atoms. The van der Waals surface area contributed by atoms with Gasteiger partial charge in [-0.15, -0.1) is 0 Å². The Morgan fingerprint density at radius 2 is 0.863 bits per heavy atom. The zero-order valence-corrected chi connectivity index (χ0v) is 59.3. The summed E-state index contributed by atoms with van der Waals surface area (Å²) in [6, 6.07) is 112. The number of benzene rings is 13. The Kier molecular flexibility index (Phi) is 14.5. The summed E-state index contributed by atoms with van der Waals surface area (Å²) >= 11 is 0. The van der Waals surface area contributed by atoms with Gasteiger partial charge in [0, 0.05) is 51.5 Å². The van der Waals surface area contributed by atoms with Crippen molar-refractivity contribution in [1.29, 1.82) is 0 Å². The summed E-state index contributed by atoms with van der Waals surface area (Å²) < 4.78 is 9.68. The molecule has 2 aromatic heterocycles. The van der Waals surface area contributed by atoms with Gasteiger partial charge in [0.1, 0.15) is 24.0 Å². The van der Waals surface area contributed by atoms with E-state index in [0.29, 0.717) is 6.67 Å². The molecule has 15 aromatic rings. The summed E-state index contributed by atoms with van der Waals surface area (Å²) in [6.07, 6.45) is 2.11. The fourth-order valence-corrected chi connectivity index (χ4v) is 16.8. The van der Waals surface area contributed by atoms with E-state index in [0.717, 1.165) is 78.7 Å². The first-order chi connectivity index (χ1) is 49.5. The van der Waals surface area contributed by atoms with E-state index in [4.69, 9.17) is 9.72 Å². The van der Waals surface area contributed by atoms with Gasteiger partial charge in [-0.1, -0.05) is 299 Å². The van der Waals surface area contributed by atoms with Gasteiger partial charge >= 0.3 is 0 Å². The fraction of sp³-hybridized carbons (Fsp3) is 0.144. The van der Waals surface area contributed by atoms with Crippen LogP contribution in [0.5, 0.6) is 11.5 Å². The molecule has 0 radical (unpaired) electrons. The fourth-order valence-electron chi connectivity index (χ4n) is 16.8. The normalized spacial score (nSPS) is 13.5. The monoisotopic (exact) mass is 1320 g/mol. The molecule has 0 bridgehead atoms. The Morgan fingerprint density at radius 3 is 1.52 bits per heavy atom. The largest absolute Gasteiger partial charge is 0.457 e. The Bertz CT molecular complexity index is 5780. The molecule has 3 aliphatic rings. The highest BCUT2D eigenvalue weighted by molar-refractivity contribution is 6.19. The van der Waals surface area contributed by atoms with Crippen molar-refractivity contribution in [2.24, 2.45) is 0 Å². The van der Waals surface area contributed by atoms with E-state index in [2.05, 4.69) is 386 Å². The van der Waals surface area contributed by atoms with Crippen LogP contribution < -0.4 is 14.5 Å². The van der Waals surface area contributed by atoms with Crippen molar-refractivity contribution in [2.75, 3.05) is 16.5 Å². The maximum absolute atomic E-state index is 7.27. The predicted octanol–water partition coefficient (Wildman–Crippen LogP) is 25.8. The summed E-state index contributed by atoms with van der Waals surface area (Å²) in [6.45, 7) is 21.3. The zero-order valence-electron chi connectivity index (χ0n) is 59.3. The molecule has 102 heavy (non-hydrogen) atoms. The van der Waals surface area contributed by atoms with Crippen molar-refractivity contribution in [3.05, 3.63) is 348 Å². The van der Waals surface area contributed by atoms with Crippen LogP contribution in [-0.4, -0.2) is 16.2 Å². The van der Waals surface area contributed by atoms with Crippen LogP contribution in [0.25, 0.3) is 106 Å². The lowest BCUT2D eigenvalue weighted by atomic mass is 9.70. The zero-order chi connectivity index (χ0) is 69.4. The van der Waals surface area contributed by atoms with Gasteiger partial charge in [0.05, 0.1) is 33.5 Å². The molecular weight excluding hydrogens is 1240 g/mol. The molecule has 0 fully saturated rings. The highest BCUT2D eigenvalue weighted by Crippen LogP contribution is 2.65. The van der Waals surface area contributed by atoms with E-state index < -0.39 is 5.41 Å². The highest BCUT2D eigenvalue weighted by Gasteiger charge is 2.52. The molecule has 5 nitrogen and oxygen atoms in total. The molecule has 1 aliphatic heterocycles. The summed E-state index contributed by atoms with van der Waals surface area (Å²) in [5, 5.41) is 2.34. The summed E-state index contributed by atoms with van der Waals surface area (Å²) in [5.41, 5.74) is 31.6. The number of hydrogen-bond donors (Lipinski definition) is 0. The molecule has 3 heterocycles. The van der Waals surface area contributed by atoms with Crippen LogP contribution in [-0.2, 0) is 21.7 Å². The van der Waals surface area contributed by atoms with Crippen molar-refractivity contribution < 1.29 is 4.74 Å². The number of anilines is 4. The van der Waals surface area contributed by atoms with Crippen LogP contribution in [0, 0.1) is 0 Å². The topological polar surface area (TPSA) is 33.5 Å². The van der Waals surface area contributed by atoms with Crippen molar-refractivity contribution in [2.45, 2.75) is 84.0 Å². The Balaban J connectivity index is 0.776. The molecular formula is C97H80N4O. The SMILES string of the molecule is CC(C)(C)c1ccc(-c2cnc(-n3c4cc(Oc5cccc(N6CN(c7c(-c8ccc(-c9ccccc9)cc8)cccc7-c7cc(-c8ccccc8)cc(C(C)(C)C)c7)c7ccccc76)c5)ccc4c4c5c(ccc43)C3(c4ccccc4-c4ccccc43)c3ccccc3-5)cc2C(C)(C)C)cc1. The van der Waals surface area contributed by atoms with Gasteiger partial charge in [0.2, 0.25) is 0 Å². The van der Waals surface area contributed by atoms with Crippen molar-refractivity contribution in [3.8, 4) is 95.2 Å². The second kappa shape index (κ2) is 23.7. The van der Waals surface area contributed by atoms with E-state index in [1.807, 2.05) is 0 Å². The lowest BCUT2D eigenvalue weighted by Gasteiger charge is -2.30. The highest BCUT2D eigenvalue weighted by atomic mass is 16.5. The molecule has 5 heteroatoms. The average Bonchev–Trinajstić information content (AvgIpc) is 1.50. The third-order valence-electron chi connectivity index (χ3n) is 21.8. The van der Waals surface area contributed by atoms with E-state index in [9.17, 15) is 0 Å². The Morgan fingerprint density at radius 1 is 0.343 bits per heavy atom. The summed E-state index contributed by atoms with van der Waals surface area (Å²) in [5.74, 6) is 2.33. The molecule has 0 saturated carbocycles. The number of rotatable bonds is 10. The van der Waals surface area contributed by atoms with Gasteiger partial charge in [-0.05, 0) is 171 Å². The second-order valence-electron chi connectivity index (χ2n) is 31.1. The first-order valence-corrected chi connectivity index (χ1v) is 35.9. The van der Waals surface area contributed by atoms with E-state index in [1.54, 1.807) is 0 Å². The molecule has 0 amide bonds. The number of fused-ring (bicyclic) bond motifs is 15. The maximum Gasteiger partial charge on any atom is 0.137 e. The molecule has 0 saturated heterocycles. The average molecular weight is 1320 g/mol. The van der Waals surface area contributed by atoms with Crippen LogP contribution in [0.2, 0.25) is 0 Å². The smallest absolute Gasteiger partial charge is 0.137 e. The van der Waals surface area contributed by atoms with Crippen LogP contribution in [0.4, 0.5) is 22.7 Å². The first-order valence-electron chi connectivity index (χ1n) is 35.9. The van der Waals surface area contributed by atoms with Crippen LogP contribution in [0.15, 0.2) is 310 Å². The quantitative estimate of drug-likeness (QED) is 0.137. The molecule has 0 atom stereocenters. The van der Waals surface area contributed by atoms with Crippen LogP contribution in [0.3, 0.4) is 0 Å². The molecule has 494 valence electrons. The van der Waals surface area contributed by atoms with Gasteiger partial charge in [-0.25, -0.2) is 4.98 Å². The van der Waals surface area contributed by atoms with Gasteiger partial charge in [-0.3, -0.25) is 4.57 Å². The first kappa shape index (κ1) is 62.5. The molecule has 2 aliphatic carbocycles. The van der Waals surface area contributed by atoms with E-state index in [1.165, 1.54) is 100.0 Å². The minimum atomic E-state index is -0.504. The number of pyridine rings is 1. The van der Waals surface area contributed by atoms with E-state index in [-0.39, 0.29) is 16.2 Å². The van der Waals surface area contributed by atoms with Crippen LogP contribution in [0.1, 0.15) is 101 Å². The maximum atomic E-state index is 7.27. The second-order valence-corrected chi connectivity index (χ2v) is 31.1. The number of para-hydroxylation sites is 3. The summed E-state index contributed by atoms with van der Waals surface area (Å²) in [7, 11) is 0. The van der Waals surface area contributed by atoms with Gasteiger partial charge < -0.3 is 14.5 Å². The van der Waals surface area contributed by atoms with Crippen molar-refractivity contribution in [3.63, 3.8) is 0 Å². The molecule has 18 rings (SSSR count). The minimum Gasteiger partial charge on any atom is -0.457 e. The number of ether oxygens (including phenoxy) is 1. The van der Waals surface area contributed by atoms with Crippen molar-refractivity contribution in [1.82, 2.24) is 9.55 Å². The lowest BCUT2D eigenvalue weighted by molar-refractivity contribution is 0.483. The Hall–Kier alpha value is -11.8. The lowest BCUT2D eigenvalue weighted by Crippen LogP contribution is -2.25.